The third kappa shape index (κ3) is 2.88. The number of carbonyl (C=O) groups is 2. The molecule has 0 bridgehead atoms. The van der Waals surface area contributed by atoms with Gasteiger partial charge in [-0.1, -0.05) is 31.4 Å². The van der Waals surface area contributed by atoms with Crippen LogP contribution in [0.25, 0.3) is 0 Å². The molecule has 0 unspecified atom stereocenters. The molecule has 96 valence electrons. The summed E-state index contributed by atoms with van der Waals surface area (Å²) in [5.41, 5.74) is 0.0293. The van der Waals surface area contributed by atoms with Gasteiger partial charge < -0.3 is 9.84 Å². The summed E-state index contributed by atoms with van der Waals surface area (Å²) in [6.45, 7) is 0. The molecule has 0 amide bonds. The average molecular weight is 248 g/mol. The average Bonchev–Trinajstić information content (AvgIpc) is 2.40. The molecule has 1 aromatic carbocycles. The first-order chi connectivity index (χ1) is 8.68. The van der Waals surface area contributed by atoms with Crippen LogP contribution in [-0.2, 0) is 4.79 Å². The Hall–Kier alpha value is -1.84. The standard InChI is InChI=1S/C14H16O4/c15-13(16)11-8-4-5-9-12(11)18-14(17)10-6-2-1-3-7-10/h4-5,8-10H,1-3,6-7H2,(H,15,16). The van der Waals surface area contributed by atoms with Gasteiger partial charge in [0.25, 0.3) is 0 Å². The third-order valence-electron chi connectivity index (χ3n) is 3.27. The van der Waals surface area contributed by atoms with Crippen LogP contribution in [0.2, 0.25) is 0 Å². The van der Waals surface area contributed by atoms with Crippen LogP contribution in [0.4, 0.5) is 0 Å². The number of carboxylic acid groups (broad SMARTS) is 1. The highest BCUT2D eigenvalue weighted by Gasteiger charge is 2.24. The van der Waals surface area contributed by atoms with Gasteiger partial charge in [0.1, 0.15) is 11.3 Å². The smallest absolute Gasteiger partial charge is 0.339 e. The van der Waals surface area contributed by atoms with Crippen molar-refractivity contribution >= 4 is 11.9 Å². The Labute approximate surface area is 106 Å². The van der Waals surface area contributed by atoms with E-state index in [1.165, 1.54) is 12.1 Å². The molecule has 1 saturated carbocycles. The quantitative estimate of drug-likeness (QED) is 0.660. The fourth-order valence-electron chi connectivity index (χ4n) is 2.26. The van der Waals surface area contributed by atoms with Crippen molar-refractivity contribution in [3.8, 4) is 5.75 Å². The number of rotatable bonds is 3. The van der Waals surface area contributed by atoms with E-state index in [1.807, 2.05) is 0 Å². The van der Waals surface area contributed by atoms with E-state index in [0.717, 1.165) is 32.1 Å². The van der Waals surface area contributed by atoms with E-state index in [2.05, 4.69) is 0 Å². The summed E-state index contributed by atoms with van der Waals surface area (Å²) >= 11 is 0. The Morgan fingerprint density at radius 2 is 1.78 bits per heavy atom. The first-order valence-corrected chi connectivity index (χ1v) is 6.22. The predicted molar refractivity (Wildman–Crippen MR) is 65.6 cm³/mol. The highest BCUT2D eigenvalue weighted by molar-refractivity contribution is 5.92. The van der Waals surface area contributed by atoms with Gasteiger partial charge in [-0.25, -0.2) is 4.79 Å². The van der Waals surface area contributed by atoms with Crippen molar-refractivity contribution in [1.29, 1.82) is 0 Å². The second-order valence-electron chi connectivity index (χ2n) is 4.56. The molecule has 0 aliphatic heterocycles. The summed E-state index contributed by atoms with van der Waals surface area (Å²) in [7, 11) is 0. The van der Waals surface area contributed by atoms with Crippen LogP contribution in [0.15, 0.2) is 24.3 Å². The molecule has 4 nitrogen and oxygen atoms in total. The second-order valence-corrected chi connectivity index (χ2v) is 4.56. The number of hydrogen-bond donors (Lipinski definition) is 1. The van der Waals surface area contributed by atoms with E-state index < -0.39 is 5.97 Å². The van der Waals surface area contributed by atoms with Crippen LogP contribution >= 0.6 is 0 Å². The van der Waals surface area contributed by atoms with Crippen LogP contribution < -0.4 is 4.74 Å². The molecule has 0 aromatic heterocycles. The number of carboxylic acids is 1. The second kappa shape index (κ2) is 5.67. The van der Waals surface area contributed by atoms with Crippen molar-refractivity contribution < 1.29 is 19.4 Å². The SMILES string of the molecule is O=C(O)c1ccccc1OC(=O)C1CCCCC1. The molecular weight excluding hydrogens is 232 g/mol. The number of aromatic carboxylic acids is 1. The summed E-state index contributed by atoms with van der Waals surface area (Å²) in [6, 6.07) is 6.23. The van der Waals surface area contributed by atoms with Crippen LogP contribution in [0.5, 0.6) is 5.75 Å². The first-order valence-electron chi connectivity index (χ1n) is 6.22. The predicted octanol–water partition coefficient (Wildman–Crippen LogP) is 2.87. The molecule has 1 aliphatic rings. The van der Waals surface area contributed by atoms with Crippen molar-refractivity contribution in [2.24, 2.45) is 5.92 Å². The topological polar surface area (TPSA) is 63.6 Å². The molecule has 0 saturated heterocycles. The number of carbonyl (C=O) groups excluding carboxylic acids is 1. The Kier molecular flexibility index (Phi) is 3.97. The third-order valence-corrected chi connectivity index (χ3v) is 3.27. The van der Waals surface area contributed by atoms with Gasteiger partial charge in [-0.05, 0) is 25.0 Å². The Morgan fingerprint density at radius 1 is 1.11 bits per heavy atom. The Bertz CT molecular complexity index is 447. The molecule has 1 fully saturated rings. The molecule has 1 aromatic rings. The van der Waals surface area contributed by atoms with Crippen molar-refractivity contribution in [1.82, 2.24) is 0 Å². The van der Waals surface area contributed by atoms with E-state index in [4.69, 9.17) is 9.84 Å². The lowest BCUT2D eigenvalue weighted by Crippen LogP contribution is -2.23. The van der Waals surface area contributed by atoms with E-state index in [1.54, 1.807) is 12.1 Å². The normalized spacial score (nSPS) is 16.2. The molecule has 18 heavy (non-hydrogen) atoms. The molecule has 1 aliphatic carbocycles. The minimum Gasteiger partial charge on any atom is -0.478 e. The van der Waals surface area contributed by atoms with Gasteiger partial charge in [0.15, 0.2) is 0 Å². The number of hydrogen-bond acceptors (Lipinski definition) is 3. The fraction of sp³-hybridized carbons (Fsp3) is 0.429. The van der Waals surface area contributed by atoms with Crippen molar-refractivity contribution in [2.75, 3.05) is 0 Å². The van der Waals surface area contributed by atoms with E-state index in [0.29, 0.717) is 0 Å². The summed E-state index contributed by atoms with van der Waals surface area (Å²) in [6.07, 6.45) is 4.93. The molecule has 0 atom stereocenters. The Balaban J connectivity index is 2.08. The summed E-state index contributed by atoms with van der Waals surface area (Å²) in [4.78, 5) is 22.9. The van der Waals surface area contributed by atoms with Crippen molar-refractivity contribution in [3.63, 3.8) is 0 Å². The maximum Gasteiger partial charge on any atom is 0.339 e. The minimum absolute atomic E-state index is 0.0293. The molecule has 1 N–H and O–H groups in total. The van der Waals surface area contributed by atoms with Gasteiger partial charge >= 0.3 is 11.9 Å². The maximum atomic E-state index is 11.9. The summed E-state index contributed by atoms with van der Waals surface area (Å²) < 4.78 is 5.23. The highest BCUT2D eigenvalue weighted by Crippen LogP contribution is 2.26. The van der Waals surface area contributed by atoms with E-state index in [-0.39, 0.29) is 23.2 Å². The largest absolute Gasteiger partial charge is 0.478 e. The van der Waals surface area contributed by atoms with E-state index in [9.17, 15) is 9.59 Å². The van der Waals surface area contributed by atoms with Crippen LogP contribution in [0, 0.1) is 5.92 Å². The Morgan fingerprint density at radius 3 is 2.44 bits per heavy atom. The van der Waals surface area contributed by atoms with Gasteiger partial charge in [-0.3, -0.25) is 4.79 Å². The van der Waals surface area contributed by atoms with Crippen LogP contribution in [0.3, 0.4) is 0 Å². The van der Waals surface area contributed by atoms with Crippen LogP contribution in [0.1, 0.15) is 42.5 Å². The van der Waals surface area contributed by atoms with Gasteiger partial charge in [0.05, 0.1) is 5.92 Å². The number of para-hydroxylation sites is 1. The van der Waals surface area contributed by atoms with Gasteiger partial charge in [-0.2, -0.15) is 0 Å². The fourth-order valence-corrected chi connectivity index (χ4v) is 2.26. The maximum absolute atomic E-state index is 11.9. The van der Waals surface area contributed by atoms with Gasteiger partial charge in [0, 0.05) is 0 Å². The zero-order valence-electron chi connectivity index (χ0n) is 10.1. The van der Waals surface area contributed by atoms with E-state index >= 15 is 0 Å². The molecule has 4 heteroatoms. The number of benzene rings is 1. The monoisotopic (exact) mass is 248 g/mol. The van der Waals surface area contributed by atoms with Crippen molar-refractivity contribution in [3.05, 3.63) is 29.8 Å². The van der Waals surface area contributed by atoms with Gasteiger partial charge in [-0.15, -0.1) is 0 Å². The molecule has 2 rings (SSSR count). The molecular formula is C14H16O4. The lowest BCUT2D eigenvalue weighted by atomic mass is 9.89. The lowest BCUT2D eigenvalue weighted by molar-refractivity contribution is -0.140. The lowest BCUT2D eigenvalue weighted by Gasteiger charge is -2.20. The molecule has 0 heterocycles. The summed E-state index contributed by atoms with van der Waals surface area (Å²) in [5.74, 6) is -1.33. The van der Waals surface area contributed by atoms with Gasteiger partial charge in [0.2, 0.25) is 0 Å². The number of esters is 1. The minimum atomic E-state index is -1.08. The highest BCUT2D eigenvalue weighted by atomic mass is 16.5. The molecule has 0 radical (unpaired) electrons. The van der Waals surface area contributed by atoms with Crippen molar-refractivity contribution in [2.45, 2.75) is 32.1 Å². The first kappa shape index (κ1) is 12.6. The van der Waals surface area contributed by atoms with Crippen LogP contribution in [-0.4, -0.2) is 17.0 Å². The molecule has 0 spiro atoms. The zero-order chi connectivity index (χ0) is 13.0. The summed E-state index contributed by atoms with van der Waals surface area (Å²) in [5, 5.41) is 9.00. The zero-order valence-corrected chi connectivity index (χ0v) is 10.1. The number of ether oxygens (including phenoxy) is 1.